The SMILES string of the molecule is CCOc1cc(C(N)=S)ccc1OCCF. The summed E-state index contributed by atoms with van der Waals surface area (Å²) in [6, 6.07) is 5.09. The van der Waals surface area contributed by atoms with Crippen molar-refractivity contribution in [2.75, 3.05) is 19.9 Å². The molecule has 0 radical (unpaired) electrons. The lowest BCUT2D eigenvalue weighted by atomic mass is 10.2. The minimum atomic E-state index is -0.539. The van der Waals surface area contributed by atoms with Gasteiger partial charge in [-0.15, -0.1) is 0 Å². The van der Waals surface area contributed by atoms with E-state index in [9.17, 15) is 4.39 Å². The lowest BCUT2D eigenvalue weighted by Crippen LogP contribution is -2.10. The van der Waals surface area contributed by atoms with Crippen LogP contribution in [0.5, 0.6) is 11.5 Å². The topological polar surface area (TPSA) is 44.5 Å². The van der Waals surface area contributed by atoms with Gasteiger partial charge < -0.3 is 15.2 Å². The van der Waals surface area contributed by atoms with Crippen LogP contribution in [0.3, 0.4) is 0 Å². The molecule has 0 spiro atoms. The first-order valence-electron chi connectivity index (χ1n) is 4.94. The molecule has 1 aromatic rings. The van der Waals surface area contributed by atoms with Gasteiger partial charge in [-0.25, -0.2) is 4.39 Å². The van der Waals surface area contributed by atoms with Crippen molar-refractivity contribution in [3.8, 4) is 11.5 Å². The first-order valence-corrected chi connectivity index (χ1v) is 5.35. The minimum Gasteiger partial charge on any atom is -0.490 e. The molecule has 0 aliphatic rings. The number of halogens is 1. The number of nitrogens with two attached hydrogens (primary N) is 1. The van der Waals surface area contributed by atoms with Crippen LogP contribution in [-0.2, 0) is 0 Å². The van der Waals surface area contributed by atoms with Crippen molar-refractivity contribution in [1.82, 2.24) is 0 Å². The smallest absolute Gasteiger partial charge is 0.161 e. The lowest BCUT2D eigenvalue weighted by molar-refractivity contribution is 0.251. The van der Waals surface area contributed by atoms with Gasteiger partial charge >= 0.3 is 0 Å². The summed E-state index contributed by atoms with van der Waals surface area (Å²) in [6.07, 6.45) is 0. The van der Waals surface area contributed by atoms with Gasteiger partial charge in [0.25, 0.3) is 0 Å². The molecule has 0 heterocycles. The average molecular weight is 243 g/mol. The van der Waals surface area contributed by atoms with Crippen molar-refractivity contribution >= 4 is 17.2 Å². The van der Waals surface area contributed by atoms with E-state index < -0.39 is 6.67 Å². The van der Waals surface area contributed by atoms with Crippen LogP contribution in [0.15, 0.2) is 18.2 Å². The molecule has 1 aromatic carbocycles. The number of hydrogen-bond donors (Lipinski definition) is 1. The van der Waals surface area contributed by atoms with E-state index in [1.807, 2.05) is 6.92 Å². The van der Waals surface area contributed by atoms with Crippen LogP contribution in [0, 0.1) is 0 Å². The third kappa shape index (κ3) is 3.34. The maximum absolute atomic E-state index is 12.0. The van der Waals surface area contributed by atoms with Gasteiger partial charge in [0.05, 0.1) is 6.61 Å². The van der Waals surface area contributed by atoms with Crippen molar-refractivity contribution in [3.05, 3.63) is 23.8 Å². The van der Waals surface area contributed by atoms with E-state index in [-0.39, 0.29) is 11.6 Å². The Hall–Kier alpha value is -1.36. The first-order chi connectivity index (χ1) is 7.69. The molecular formula is C11H14FNO2S. The summed E-state index contributed by atoms with van der Waals surface area (Å²) < 4.78 is 22.5. The molecular weight excluding hydrogens is 229 g/mol. The molecule has 3 nitrogen and oxygen atoms in total. The maximum Gasteiger partial charge on any atom is 0.161 e. The molecule has 0 aliphatic heterocycles. The van der Waals surface area contributed by atoms with Crippen LogP contribution in [-0.4, -0.2) is 24.9 Å². The number of rotatable bonds is 6. The van der Waals surface area contributed by atoms with E-state index in [1.54, 1.807) is 18.2 Å². The Labute approximate surface area is 99.3 Å². The fourth-order valence-electron chi connectivity index (χ4n) is 1.20. The van der Waals surface area contributed by atoms with E-state index in [2.05, 4.69) is 0 Å². The second kappa shape index (κ2) is 6.27. The van der Waals surface area contributed by atoms with Gasteiger partial charge in [-0.05, 0) is 25.1 Å². The first kappa shape index (κ1) is 12.7. The van der Waals surface area contributed by atoms with Gasteiger partial charge in [-0.1, -0.05) is 12.2 Å². The Morgan fingerprint density at radius 2 is 2.12 bits per heavy atom. The molecule has 0 atom stereocenters. The molecule has 0 bridgehead atoms. The standard InChI is InChI=1S/C11H14FNO2S/c1-2-14-10-7-8(11(13)16)3-4-9(10)15-6-5-12/h3-4,7H,2,5-6H2,1H3,(H2,13,16). The molecule has 0 saturated heterocycles. The van der Waals surface area contributed by atoms with Crippen LogP contribution in [0.4, 0.5) is 4.39 Å². The van der Waals surface area contributed by atoms with Crippen LogP contribution >= 0.6 is 12.2 Å². The largest absolute Gasteiger partial charge is 0.490 e. The monoisotopic (exact) mass is 243 g/mol. The number of alkyl halides is 1. The lowest BCUT2D eigenvalue weighted by Gasteiger charge is -2.12. The average Bonchev–Trinajstić information content (AvgIpc) is 2.27. The third-order valence-corrected chi connectivity index (χ3v) is 2.10. The Kier molecular flexibility index (Phi) is 4.98. The summed E-state index contributed by atoms with van der Waals surface area (Å²) in [5, 5.41) is 0. The van der Waals surface area contributed by atoms with Crippen molar-refractivity contribution in [1.29, 1.82) is 0 Å². The summed E-state index contributed by atoms with van der Waals surface area (Å²) in [6.45, 7) is 1.81. The van der Waals surface area contributed by atoms with Gasteiger partial charge in [0.2, 0.25) is 0 Å². The van der Waals surface area contributed by atoms with Crippen LogP contribution in [0.1, 0.15) is 12.5 Å². The normalized spacial score (nSPS) is 9.88. The van der Waals surface area contributed by atoms with Crippen molar-refractivity contribution in [2.45, 2.75) is 6.92 Å². The second-order valence-electron chi connectivity index (χ2n) is 3.00. The van der Waals surface area contributed by atoms with Gasteiger partial charge in [-0.2, -0.15) is 0 Å². The molecule has 0 fully saturated rings. The van der Waals surface area contributed by atoms with Crippen molar-refractivity contribution in [2.24, 2.45) is 5.73 Å². The fraction of sp³-hybridized carbons (Fsp3) is 0.364. The number of ether oxygens (including phenoxy) is 2. The zero-order valence-corrected chi connectivity index (χ0v) is 9.85. The summed E-state index contributed by atoms with van der Waals surface area (Å²) in [5.41, 5.74) is 6.20. The number of thiocarbonyl (C=S) groups is 1. The highest BCUT2D eigenvalue weighted by molar-refractivity contribution is 7.80. The highest BCUT2D eigenvalue weighted by Crippen LogP contribution is 2.28. The van der Waals surface area contributed by atoms with Crippen molar-refractivity contribution < 1.29 is 13.9 Å². The predicted octanol–water partition coefficient (Wildman–Crippen LogP) is 2.07. The van der Waals surface area contributed by atoms with Gasteiger partial charge in [-0.3, -0.25) is 0 Å². The highest BCUT2D eigenvalue weighted by atomic mass is 32.1. The van der Waals surface area contributed by atoms with Gasteiger partial charge in [0.1, 0.15) is 18.3 Å². The predicted molar refractivity (Wildman–Crippen MR) is 65.0 cm³/mol. The molecule has 0 unspecified atom stereocenters. The Morgan fingerprint density at radius 1 is 1.38 bits per heavy atom. The maximum atomic E-state index is 12.0. The zero-order chi connectivity index (χ0) is 12.0. The molecule has 0 aromatic heterocycles. The van der Waals surface area contributed by atoms with Crippen LogP contribution < -0.4 is 15.2 Å². The Morgan fingerprint density at radius 3 is 2.69 bits per heavy atom. The molecule has 5 heteroatoms. The van der Waals surface area contributed by atoms with E-state index in [0.717, 1.165) is 0 Å². The molecule has 0 aliphatic carbocycles. The summed E-state index contributed by atoms with van der Waals surface area (Å²) in [5.74, 6) is 1.03. The Bertz CT molecular complexity index is 371. The number of hydrogen-bond acceptors (Lipinski definition) is 3. The van der Waals surface area contributed by atoms with E-state index in [0.29, 0.717) is 23.7 Å². The zero-order valence-electron chi connectivity index (χ0n) is 9.03. The quantitative estimate of drug-likeness (QED) is 0.777. The van der Waals surface area contributed by atoms with Crippen LogP contribution in [0.2, 0.25) is 0 Å². The summed E-state index contributed by atoms with van der Waals surface area (Å²) >= 11 is 4.86. The van der Waals surface area contributed by atoms with Gasteiger partial charge in [0.15, 0.2) is 11.5 Å². The molecule has 0 amide bonds. The van der Waals surface area contributed by atoms with E-state index in [1.165, 1.54) is 0 Å². The van der Waals surface area contributed by atoms with Crippen LogP contribution in [0.25, 0.3) is 0 Å². The molecule has 1 rings (SSSR count). The van der Waals surface area contributed by atoms with E-state index >= 15 is 0 Å². The highest BCUT2D eigenvalue weighted by Gasteiger charge is 2.07. The minimum absolute atomic E-state index is 0.00644. The van der Waals surface area contributed by atoms with Gasteiger partial charge in [0, 0.05) is 5.56 Å². The van der Waals surface area contributed by atoms with Crippen molar-refractivity contribution in [3.63, 3.8) is 0 Å². The van der Waals surface area contributed by atoms with E-state index in [4.69, 9.17) is 27.4 Å². The molecule has 0 saturated carbocycles. The third-order valence-electron chi connectivity index (χ3n) is 1.86. The molecule has 16 heavy (non-hydrogen) atoms. The summed E-state index contributed by atoms with van der Waals surface area (Å²) in [7, 11) is 0. The fourth-order valence-corrected chi connectivity index (χ4v) is 1.32. The Balaban J connectivity index is 2.94. The number of benzene rings is 1. The second-order valence-corrected chi connectivity index (χ2v) is 3.44. The molecule has 2 N–H and O–H groups in total. The summed E-state index contributed by atoms with van der Waals surface area (Å²) in [4.78, 5) is 0.290. The molecule has 88 valence electrons.